The number of hydrogen-bond donors (Lipinski definition) is 0. The molecule has 0 saturated carbocycles. The summed E-state index contributed by atoms with van der Waals surface area (Å²) < 4.78 is 25.2. The third-order valence-electron chi connectivity index (χ3n) is 2.03. The van der Waals surface area contributed by atoms with E-state index in [9.17, 15) is 8.78 Å². The fourth-order valence-electron chi connectivity index (χ4n) is 1.32. The number of aryl methyl sites for hydroxylation is 1. The second-order valence-electron chi connectivity index (χ2n) is 3.06. The summed E-state index contributed by atoms with van der Waals surface area (Å²) in [5.74, 6) is 0.00530. The van der Waals surface area contributed by atoms with Crippen LogP contribution >= 0.6 is 11.6 Å². The number of halogens is 3. The van der Waals surface area contributed by atoms with Crippen molar-refractivity contribution in [2.75, 3.05) is 0 Å². The van der Waals surface area contributed by atoms with Gasteiger partial charge in [-0.15, -0.1) is 11.6 Å². The van der Waals surface area contributed by atoms with E-state index >= 15 is 0 Å². The van der Waals surface area contributed by atoms with Gasteiger partial charge in [-0.05, 0) is 24.1 Å². The Morgan fingerprint density at radius 2 is 2.27 bits per heavy atom. The van der Waals surface area contributed by atoms with Crippen LogP contribution in [0, 0.1) is 18.3 Å². The van der Waals surface area contributed by atoms with Gasteiger partial charge in [0, 0.05) is 5.88 Å². The van der Waals surface area contributed by atoms with Gasteiger partial charge in [0.1, 0.15) is 5.69 Å². The van der Waals surface area contributed by atoms with Crippen molar-refractivity contribution in [3.05, 3.63) is 28.6 Å². The molecule has 1 heterocycles. The first kappa shape index (κ1) is 11.9. The van der Waals surface area contributed by atoms with Crippen LogP contribution in [0.15, 0.2) is 6.07 Å². The SMILES string of the molecule is Cc1cc(CC#N)nc(C(F)F)c1CCl. The molecule has 0 amide bonds. The maximum Gasteiger partial charge on any atom is 0.280 e. The topological polar surface area (TPSA) is 36.7 Å². The average Bonchev–Trinajstić information content (AvgIpc) is 2.17. The van der Waals surface area contributed by atoms with Crippen molar-refractivity contribution in [1.82, 2.24) is 4.98 Å². The molecule has 1 aromatic rings. The Balaban J connectivity index is 3.27. The van der Waals surface area contributed by atoms with Gasteiger partial charge in [0.2, 0.25) is 0 Å². The molecule has 0 radical (unpaired) electrons. The second kappa shape index (κ2) is 5.04. The predicted molar refractivity (Wildman–Crippen MR) is 52.8 cm³/mol. The van der Waals surface area contributed by atoms with Crippen LogP contribution in [0.1, 0.15) is 28.9 Å². The monoisotopic (exact) mass is 230 g/mol. The highest BCUT2D eigenvalue weighted by atomic mass is 35.5. The fraction of sp³-hybridized carbons (Fsp3) is 0.400. The van der Waals surface area contributed by atoms with E-state index in [-0.39, 0.29) is 18.0 Å². The average molecular weight is 231 g/mol. The third-order valence-corrected chi connectivity index (χ3v) is 2.30. The van der Waals surface area contributed by atoms with Gasteiger partial charge in [0.15, 0.2) is 0 Å². The van der Waals surface area contributed by atoms with E-state index in [2.05, 4.69) is 4.98 Å². The first-order valence-electron chi connectivity index (χ1n) is 4.30. The molecule has 0 aliphatic rings. The van der Waals surface area contributed by atoms with Crippen molar-refractivity contribution in [2.24, 2.45) is 0 Å². The largest absolute Gasteiger partial charge is 0.280 e. The summed E-state index contributed by atoms with van der Waals surface area (Å²) in [6, 6.07) is 3.49. The Kier molecular flexibility index (Phi) is 3.98. The van der Waals surface area contributed by atoms with Crippen LogP contribution < -0.4 is 0 Å². The van der Waals surface area contributed by atoms with Crippen molar-refractivity contribution in [1.29, 1.82) is 5.26 Å². The number of nitrogens with zero attached hydrogens (tertiary/aromatic N) is 2. The van der Waals surface area contributed by atoms with Gasteiger partial charge in [0.25, 0.3) is 6.43 Å². The molecular weight excluding hydrogens is 222 g/mol. The minimum Gasteiger partial charge on any atom is -0.250 e. The van der Waals surface area contributed by atoms with Crippen LogP contribution in [-0.2, 0) is 12.3 Å². The van der Waals surface area contributed by atoms with Gasteiger partial charge in [-0.3, -0.25) is 4.98 Å². The van der Waals surface area contributed by atoms with Crippen molar-refractivity contribution in [2.45, 2.75) is 25.7 Å². The molecule has 0 aliphatic heterocycles. The Labute approximate surface area is 91.5 Å². The molecule has 0 spiro atoms. The summed E-state index contributed by atoms with van der Waals surface area (Å²) in [5, 5.41) is 8.46. The summed E-state index contributed by atoms with van der Waals surface area (Å²) in [6.07, 6.45) is -2.63. The number of pyridine rings is 1. The quantitative estimate of drug-likeness (QED) is 0.748. The van der Waals surface area contributed by atoms with Crippen LogP contribution in [0.3, 0.4) is 0 Å². The smallest absolute Gasteiger partial charge is 0.250 e. The zero-order valence-corrected chi connectivity index (χ0v) is 8.85. The van der Waals surface area contributed by atoms with E-state index in [0.29, 0.717) is 16.8 Å². The van der Waals surface area contributed by atoms with Crippen molar-refractivity contribution in [3.63, 3.8) is 0 Å². The lowest BCUT2D eigenvalue weighted by molar-refractivity contribution is 0.144. The molecule has 5 heteroatoms. The van der Waals surface area contributed by atoms with Crippen LogP contribution in [0.4, 0.5) is 8.78 Å². The van der Waals surface area contributed by atoms with Gasteiger partial charge in [-0.25, -0.2) is 8.78 Å². The Hall–Kier alpha value is -1.21. The first-order valence-corrected chi connectivity index (χ1v) is 4.84. The number of aromatic nitrogens is 1. The standard InChI is InChI=1S/C10H9ClF2N2/c1-6-4-7(2-3-14)15-9(10(12)13)8(6)5-11/h4,10H,2,5H2,1H3. The molecule has 1 rings (SSSR count). The van der Waals surface area contributed by atoms with Crippen molar-refractivity contribution >= 4 is 11.6 Å². The normalized spacial score (nSPS) is 10.4. The molecule has 0 fully saturated rings. The highest BCUT2D eigenvalue weighted by Gasteiger charge is 2.17. The lowest BCUT2D eigenvalue weighted by Gasteiger charge is -2.10. The lowest BCUT2D eigenvalue weighted by atomic mass is 10.1. The fourth-order valence-corrected chi connectivity index (χ4v) is 1.67. The molecule has 1 aromatic heterocycles. The van der Waals surface area contributed by atoms with Gasteiger partial charge in [-0.2, -0.15) is 5.26 Å². The van der Waals surface area contributed by atoms with Crippen LogP contribution in [0.5, 0.6) is 0 Å². The molecule has 80 valence electrons. The highest BCUT2D eigenvalue weighted by Crippen LogP contribution is 2.25. The van der Waals surface area contributed by atoms with Crippen LogP contribution in [0.25, 0.3) is 0 Å². The summed E-state index contributed by atoms with van der Waals surface area (Å²) >= 11 is 5.57. The molecule has 0 saturated heterocycles. The molecule has 0 aliphatic carbocycles. The maximum absolute atomic E-state index is 12.6. The Morgan fingerprint density at radius 1 is 1.60 bits per heavy atom. The Morgan fingerprint density at radius 3 is 2.73 bits per heavy atom. The maximum atomic E-state index is 12.6. The second-order valence-corrected chi connectivity index (χ2v) is 3.33. The molecule has 0 atom stereocenters. The first-order chi connectivity index (χ1) is 7.10. The summed E-state index contributed by atoms with van der Waals surface area (Å²) in [5.41, 5.74) is 1.06. The summed E-state index contributed by atoms with van der Waals surface area (Å²) in [4.78, 5) is 3.74. The number of rotatable bonds is 3. The van der Waals surface area contributed by atoms with E-state index < -0.39 is 6.43 Å². The van der Waals surface area contributed by atoms with E-state index in [1.807, 2.05) is 6.07 Å². The Bertz CT molecular complexity index is 399. The molecular formula is C10H9ClF2N2. The van der Waals surface area contributed by atoms with E-state index in [4.69, 9.17) is 16.9 Å². The van der Waals surface area contributed by atoms with Gasteiger partial charge in [0.05, 0.1) is 18.2 Å². The number of alkyl halides is 3. The summed E-state index contributed by atoms with van der Waals surface area (Å²) in [7, 11) is 0. The van der Waals surface area contributed by atoms with Gasteiger partial charge >= 0.3 is 0 Å². The zero-order valence-electron chi connectivity index (χ0n) is 8.10. The molecule has 0 bridgehead atoms. The molecule has 0 aromatic carbocycles. The van der Waals surface area contributed by atoms with E-state index in [1.165, 1.54) is 0 Å². The minimum absolute atomic E-state index is 0.00530. The van der Waals surface area contributed by atoms with E-state index in [1.54, 1.807) is 13.0 Å². The van der Waals surface area contributed by atoms with Gasteiger partial charge in [-0.1, -0.05) is 0 Å². The van der Waals surface area contributed by atoms with E-state index in [0.717, 1.165) is 0 Å². The molecule has 2 nitrogen and oxygen atoms in total. The predicted octanol–water partition coefficient (Wildman–Crippen LogP) is 3.13. The molecule has 15 heavy (non-hydrogen) atoms. The third kappa shape index (κ3) is 2.63. The summed E-state index contributed by atoms with van der Waals surface area (Å²) in [6.45, 7) is 1.69. The van der Waals surface area contributed by atoms with Gasteiger partial charge < -0.3 is 0 Å². The van der Waals surface area contributed by atoms with Crippen LogP contribution in [0.2, 0.25) is 0 Å². The van der Waals surface area contributed by atoms with Crippen molar-refractivity contribution in [3.8, 4) is 6.07 Å². The zero-order chi connectivity index (χ0) is 11.4. The van der Waals surface area contributed by atoms with Crippen LogP contribution in [-0.4, -0.2) is 4.98 Å². The highest BCUT2D eigenvalue weighted by molar-refractivity contribution is 6.17. The molecule has 0 unspecified atom stereocenters. The number of nitriles is 1. The lowest BCUT2D eigenvalue weighted by Crippen LogP contribution is -2.03. The van der Waals surface area contributed by atoms with Crippen molar-refractivity contribution < 1.29 is 8.78 Å². The number of hydrogen-bond acceptors (Lipinski definition) is 2. The minimum atomic E-state index is -2.66. The molecule has 0 N–H and O–H groups in total.